The van der Waals surface area contributed by atoms with Crippen molar-refractivity contribution in [3.63, 3.8) is 0 Å². The van der Waals surface area contributed by atoms with Crippen LogP contribution >= 0.6 is 0 Å². The number of carbonyl (C=O) groups is 3. The van der Waals surface area contributed by atoms with E-state index >= 15 is 0 Å². The summed E-state index contributed by atoms with van der Waals surface area (Å²) in [7, 11) is 0. The summed E-state index contributed by atoms with van der Waals surface area (Å²) in [4.78, 5) is 37.7. The van der Waals surface area contributed by atoms with Gasteiger partial charge in [-0.05, 0) is 26.7 Å². The van der Waals surface area contributed by atoms with E-state index in [4.69, 9.17) is 0 Å². The van der Waals surface area contributed by atoms with Gasteiger partial charge in [0.15, 0.2) is 5.78 Å². The van der Waals surface area contributed by atoms with Crippen LogP contribution in [0.1, 0.15) is 59.8 Å². The molecule has 1 N–H and O–H groups in total. The average molecular weight is 362 g/mol. The van der Waals surface area contributed by atoms with Crippen molar-refractivity contribution in [2.75, 3.05) is 6.54 Å². The molecule has 1 rings (SSSR count). The maximum Gasteiger partial charge on any atom is 0.425 e. The van der Waals surface area contributed by atoms with E-state index in [2.05, 4.69) is 0 Å². The fourth-order valence-corrected chi connectivity index (χ4v) is 3.03. The van der Waals surface area contributed by atoms with Crippen LogP contribution in [0.3, 0.4) is 0 Å². The summed E-state index contributed by atoms with van der Waals surface area (Å²) in [5.74, 6) is -3.07. The van der Waals surface area contributed by atoms with E-state index in [1.165, 1.54) is 6.92 Å². The minimum atomic E-state index is -5.12. The van der Waals surface area contributed by atoms with Crippen LogP contribution in [-0.4, -0.2) is 40.8 Å². The Morgan fingerprint density at radius 1 is 1.16 bits per heavy atom. The number of unbranched alkanes of at least 4 members (excludes halogenated alkanes) is 2. The Morgan fingerprint density at radius 2 is 1.72 bits per heavy atom. The van der Waals surface area contributed by atoms with Gasteiger partial charge in [0.25, 0.3) is 5.91 Å². The van der Waals surface area contributed by atoms with Crippen molar-refractivity contribution in [3.05, 3.63) is 11.3 Å². The number of amides is 2. The Morgan fingerprint density at radius 3 is 2.16 bits per heavy atom. The number of nitrogens with zero attached hydrogens (tertiary/aromatic N) is 1. The third-order valence-corrected chi connectivity index (χ3v) is 4.30. The van der Waals surface area contributed by atoms with Gasteiger partial charge < -0.3 is 10.2 Å². The first kappa shape index (κ1) is 21.2. The van der Waals surface area contributed by atoms with E-state index in [0.29, 0.717) is 25.7 Å². The van der Waals surface area contributed by atoms with Gasteiger partial charge in [-0.2, -0.15) is 13.2 Å². The van der Waals surface area contributed by atoms with Gasteiger partial charge in [0.05, 0.1) is 5.57 Å². The van der Waals surface area contributed by atoms with Crippen LogP contribution in [0.15, 0.2) is 11.3 Å². The number of Topliss-reactive ketones (excluding diaryl/α,β-unsaturated/α-hetero) is 1. The average Bonchev–Trinajstić information content (AvgIpc) is 2.71. The number of alkyl halides is 3. The number of hydrogen-bond acceptors (Lipinski definition) is 3. The van der Waals surface area contributed by atoms with Gasteiger partial charge >= 0.3 is 6.18 Å². The van der Waals surface area contributed by atoms with Gasteiger partial charge in [-0.3, -0.25) is 14.4 Å². The zero-order valence-corrected chi connectivity index (χ0v) is 15.0. The van der Waals surface area contributed by atoms with E-state index in [1.807, 2.05) is 12.2 Å². The smallest absolute Gasteiger partial charge is 0.330 e. The van der Waals surface area contributed by atoms with Crippen molar-refractivity contribution in [2.24, 2.45) is 0 Å². The van der Waals surface area contributed by atoms with E-state index in [0.717, 1.165) is 11.8 Å². The zero-order valence-electron chi connectivity index (χ0n) is 15.0. The van der Waals surface area contributed by atoms with Crippen molar-refractivity contribution >= 4 is 17.6 Å². The van der Waals surface area contributed by atoms with E-state index in [9.17, 15) is 27.6 Å². The molecule has 1 aliphatic rings. The SMILES string of the molecule is CCCCC(=O)N[C@]1(C(F)(F)F)C(=O)N(CCCC)C(C)=C1C(C)=O. The number of halogens is 3. The van der Waals surface area contributed by atoms with Gasteiger partial charge in [0.2, 0.25) is 11.4 Å². The minimum absolute atomic E-state index is 0.0425. The molecule has 0 aromatic carbocycles. The Bertz CT molecular complexity index is 584. The highest BCUT2D eigenvalue weighted by Crippen LogP contribution is 2.45. The molecule has 0 saturated carbocycles. The van der Waals surface area contributed by atoms with Crippen molar-refractivity contribution in [1.82, 2.24) is 10.2 Å². The number of allylic oxidation sites excluding steroid dienone is 1. The summed E-state index contributed by atoms with van der Waals surface area (Å²) < 4.78 is 41.9. The minimum Gasteiger partial charge on any atom is -0.330 e. The molecular weight excluding hydrogens is 337 g/mol. The van der Waals surface area contributed by atoms with E-state index in [1.54, 1.807) is 6.92 Å². The zero-order chi connectivity index (χ0) is 19.4. The molecule has 0 fully saturated rings. The molecule has 0 saturated heterocycles. The third-order valence-electron chi connectivity index (χ3n) is 4.30. The van der Waals surface area contributed by atoms with Crippen LogP contribution in [0.4, 0.5) is 13.2 Å². The monoisotopic (exact) mass is 362 g/mol. The van der Waals surface area contributed by atoms with Gasteiger partial charge in [-0.15, -0.1) is 0 Å². The highest BCUT2D eigenvalue weighted by Gasteiger charge is 2.69. The Labute approximate surface area is 145 Å². The molecule has 1 heterocycles. The largest absolute Gasteiger partial charge is 0.425 e. The summed E-state index contributed by atoms with van der Waals surface area (Å²) in [6.07, 6.45) is -3.07. The van der Waals surface area contributed by atoms with Crippen LogP contribution in [0.5, 0.6) is 0 Å². The quantitative estimate of drug-likeness (QED) is 0.722. The Kier molecular flexibility index (Phi) is 6.79. The van der Waals surface area contributed by atoms with Crippen molar-refractivity contribution < 1.29 is 27.6 Å². The summed E-state index contributed by atoms with van der Waals surface area (Å²) in [6, 6.07) is 0. The standard InChI is InChI=1S/C17H25F3N2O3/c1-5-7-9-13(24)21-16(17(18,19)20)14(12(4)23)11(3)22(15(16)25)10-8-6-2/h5-10H2,1-4H3,(H,21,24)/t16-/m0/s1. The van der Waals surface area contributed by atoms with Crippen LogP contribution in [0.2, 0.25) is 0 Å². The third kappa shape index (κ3) is 3.88. The molecular formula is C17H25F3N2O3. The molecule has 0 aliphatic carbocycles. The maximum atomic E-state index is 14.0. The summed E-state index contributed by atoms with van der Waals surface area (Å²) in [5.41, 5.74) is -4.02. The lowest BCUT2D eigenvalue weighted by atomic mass is 9.86. The van der Waals surface area contributed by atoms with Gasteiger partial charge in [-0.1, -0.05) is 26.7 Å². The molecule has 0 radical (unpaired) electrons. The number of rotatable bonds is 8. The fraction of sp³-hybridized carbons (Fsp3) is 0.706. The van der Waals surface area contributed by atoms with Crippen molar-refractivity contribution in [2.45, 2.75) is 71.5 Å². The van der Waals surface area contributed by atoms with Crippen LogP contribution in [-0.2, 0) is 14.4 Å². The molecule has 1 atom stereocenters. The molecule has 0 bridgehead atoms. The lowest BCUT2D eigenvalue weighted by Gasteiger charge is -2.33. The Balaban J connectivity index is 3.44. The highest BCUT2D eigenvalue weighted by atomic mass is 19.4. The maximum absolute atomic E-state index is 14.0. The van der Waals surface area contributed by atoms with E-state index < -0.39 is 34.9 Å². The van der Waals surface area contributed by atoms with Gasteiger partial charge in [0, 0.05) is 18.7 Å². The first-order chi connectivity index (χ1) is 11.5. The number of hydrogen-bond donors (Lipinski definition) is 1. The lowest BCUT2D eigenvalue weighted by molar-refractivity contribution is -0.194. The summed E-state index contributed by atoms with van der Waals surface area (Å²) >= 11 is 0. The van der Waals surface area contributed by atoms with Gasteiger partial charge in [0.1, 0.15) is 0 Å². The second-order valence-electron chi connectivity index (χ2n) is 6.23. The van der Waals surface area contributed by atoms with Crippen LogP contribution in [0, 0.1) is 0 Å². The van der Waals surface area contributed by atoms with E-state index in [-0.39, 0.29) is 18.7 Å². The number of carbonyl (C=O) groups excluding carboxylic acids is 3. The molecule has 0 unspecified atom stereocenters. The van der Waals surface area contributed by atoms with Crippen LogP contribution < -0.4 is 5.32 Å². The molecule has 0 aromatic heterocycles. The molecule has 8 heteroatoms. The van der Waals surface area contributed by atoms with Crippen LogP contribution in [0.25, 0.3) is 0 Å². The molecule has 142 valence electrons. The number of nitrogens with one attached hydrogen (secondary N) is 1. The topological polar surface area (TPSA) is 66.5 Å². The van der Waals surface area contributed by atoms with Gasteiger partial charge in [-0.25, -0.2) is 0 Å². The molecule has 25 heavy (non-hydrogen) atoms. The molecule has 0 spiro atoms. The lowest BCUT2D eigenvalue weighted by Crippen LogP contribution is -2.66. The Hall–Kier alpha value is -1.86. The van der Waals surface area contributed by atoms with Crippen molar-refractivity contribution in [1.29, 1.82) is 0 Å². The summed E-state index contributed by atoms with van der Waals surface area (Å²) in [6.45, 7) is 6.00. The normalized spacial score (nSPS) is 21.1. The second kappa shape index (κ2) is 8.01. The molecule has 0 aromatic rings. The number of ketones is 1. The summed E-state index contributed by atoms with van der Waals surface area (Å²) in [5, 5.41) is 1.85. The molecule has 1 aliphatic heterocycles. The predicted molar refractivity (Wildman–Crippen MR) is 86.5 cm³/mol. The highest BCUT2D eigenvalue weighted by molar-refractivity contribution is 6.11. The van der Waals surface area contributed by atoms with Crippen molar-refractivity contribution in [3.8, 4) is 0 Å². The second-order valence-corrected chi connectivity index (χ2v) is 6.23. The first-order valence-electron chi connectivity index (χ1n) is 8.46. The first-order valence-corrected chi connectivity index (χ1v) is 8.46. The predicted octanol–water partition coefficient (Wildman–Crippen LogP) is 3.10. The molecule has 5 nitrogen and oxygen atoms in total. The fourth-order valence-electron chi connectivity index (χ4n) is 3.03. The molecule has 2 amide bonds.